The standard InChI is InChI=1S/C18H20N6OS/c19-11-14-13-3-1-4-15(13)26-17(14)22-16(25)12-23-7-9-24(10-8-23)18-20-5-2-6-21-18/h2,5-6H,1,3-4,7-10,12H2,(H,22,25). The number of nitriles is 1. The highest BCUT2D eigenvalue weighted by molar-refractivity contribution is 7.16. The summed E-state index contributed by atoms with van der Waals surface area (Å²) in [7, 11) is 0. The topological polar surface area (TPSA) is 85.2 Å². The highest BCUT2D eigenvalue weighted by Gasteiger charge is 2.24. The van der Waals surface area contributed by atoms with E-state index in [9.17, 15) is 10.1 Å². The van der Waals surface area contributed by atoms with Crippen LogP contribution in [0.1, 0.15) is 22.4 Å². The van der Waals surface area contributed by atoms with Gasteiger partial charge in [0, 0.05) is 43.4 Å². The average Bonchev–Trinajstić information content (AvgIpc) is 3.23. The minimum absolute atomic E-state index is 0.0502. The number of hydrogen-bond acceptors (Lipinski definition) is 7. The summed E-state index contributed by atoms with van der Waals surface area (Å²) in [6.07, 6.45) is 6.57. The van der Waals surface area contributed by atoms with E-state index in [1.165, 1.54) is 4.88 Å². The first-order chi connectivity index (χ1) is 12.7. The number of aryl methyl sites for hydroxylation is 1. The van der Waals surface area contributed by atoms with Crippen LogP contribution in [0.5, 0.6) is 0 Å². The molecule has 1 aliphatic heterocycles. The molecule has 0 atom stereocenters. The smallest absolute Gasteiger partial charge is 0.239 e. The minimum Gasteiger partial charge on any atom is -0.338 e. The van der Waals surface area contributed by atoms with Crippen LogP contribution in [0.15, 0.2) is 18.5 Å². The van der Waals surface area contributed by atoms with Crippen molar-refractivity contribution < 1.29 is 4.79 Å². The molecule has 134 valence electrons. The zero-order chi connectivity index (χ0) is 17.9. The van der Waals surface area contributed by atoms with Gasteiger partial charge in [0.2, 0.25) is 11.9 Å². The monoisotopic (exact) mass is 368 g/mol. The number of hydrogen-bond donors (Lipinski definition) is 1. The van der Waals surface area contributed by atoms with E-state index < -0.39 is 0 Å². The van der Waals surface area contributed by atoms with E-state index in [0.717, 1.165) is 62.0 Å². The Bertz CT molecular complexity index is 835. The molecular weight excluding hydrogens is 348 g/mol. The molecule has 1 saturated heterocycles. The van der Waals surface area contributed by atoms with E-state index in [-0.39, 0.29) is 5.91 Å². The minimum atomic E-state index is -0.0502. The number of carbonyl (C=O) groups excluding carboxylic acids is 1. The van der Waals surface area contributed by atoms with Crippen molar-refractivity contribution in [2.75, 3.05) is 42.9 Å². The van der Waals surface area contributed by atoms with Crippen LogP contribution in [0.2, 0.25) is 0 Å². The second kappa shape index (κ2) is 7.40. The maximum atomic E-state index is 12.4. The Morgan fingerprint density at radius 3 is 2.73 bits per heavy atom. The highest BCUT2D eigenvalue weighted by atomic mass is 32.1. The van der Waals surface area contributed by atoms with Gasteiger partial charge in [-0.05, 0) is 30.9 Å². The van der Waals surface area contributed by atoms with Gasteiger partial charge in [0.1, 0.15) is 11.1 Å². The molecule has 2 aromatic heterocycles. The molecule has 26 heavy (non-hydrogen) atoms. The summed E-state index contributed by atoms with van der Waals surface area (Å²) in [5.41, 5.74) is 1.81. The van der Waals surface area contributed by atoms with Crippen LogP contribution in [-0.4, -0.2) is 53.5 Å². The SMILES string of the molecule is N#Cc1c(NC(=O)CN2CCN(c3ncccn3)CC2)sc2c1CCC2. The first-order valence-corrected chi connectivity index (χ1v) is 9.65. The van der Waals surface area contributed by atoms with Crippen LogP contribution in [0.25, 0.3) is 0 Å². The van der Waals surface area contributed by atoms with E-state index in [2.05, 4.69) is 31.2 Å². The molecule has 0 bridgehead atoms. The molecular formula is C18H20N6OS. The van der Waals surface area contributed by atoms with Gasteiger partial charge in [-0.1, -0.05) is 0 Å². The molecule has 3 heterocycles. The fraction of sp³-hybridized carbons (Fsp3) is 0.444. The Balaban J connectivity index is 1.32. The van der Waals surface area contributed by atoms with Crippen molar-refractivity contribution in [2.45, 2.75) is 19.3 Å². The van der Waals surface area contributed by atoms with E-state index in [0.29, 0.717) is 12.1 Å². The number of rotatable bonds is 4. The van der Waals surface area contributed by atoms with Gasteiger partial charge in [-0.15, -0.1) is 11.3 Å². The first kappa shape index (κ1) is 16.9. The van der Waals surface area contributed by atoms with Crippen LogP contribution in [0.3, 0.4) is 0 Å². The van der Waals surface area contributed by atoms with Crippen LogP contribution in [0, 0.1) is 11.3 Å². The zero-order valence-corrected chi connectivity index (χ0v) is 15.3. The molecule has 7 nitrogen and oxygen atoms in total. The van der Waals surface area contributed by atoms with Crippen molar-refractivity contribution in [2.24, 2.45) is 0 Å². The molecule has 0 aromatic carbocycles. The molecule has 0 spiro atoms. The molecule has 1 amide bonds. The van der Waals surface area contributed by atoms with Crippen molar-refractivity contribution in [3.05, 3.63) is 34.5 Å². The summed E-state index contributed by atoms with van der Waals surface area (Å²) >= 11 is 1.56. The van der Waals surface area contributed by atoms with Crippen LogP contribution in [-0.2, 0) is 17.6 Å². The Morgan fingerprint density at radius 2 is 2.00 bits per heavy atom. The highest BCUT2D eigenvalue weighted by Crippen LogP contribution is 2.38. The number of thiophene rings is 1. The molecule has 1 fully saturated rings. The fourth-order valence-electron chi connectivity index (χ4n) is 3.54. The molecule has 0 saturated carbocycles. The number of nitrogens with one attached hydrogen (secondary N) is 1. The van der Waals surface area contributed by atoms with Crippen LogP contribution < -0.4 is 10.2 Å². The molecule has 8 heteroatoms. The van der Waals surface area contributed by atoms with Crippen molar-refractivity contribution >= 4 is 28.2 Å². The molecule has 4 rings (SSSR count). The lowest BCUT2D eigenvalue weighted by Crippen LogP contribution is -2.49. The second-order valence-corrected chi connectivity index (χ2v) is 7.64. The summed E-state index contributed by atoms with van der Waals surface area (Å²) < 4.78 is 0. The lowest BCUT2D eigenvalue weighted by molar-refractivity contribution is -0.117. The lowest BCUT2D eigenvalue weighted by Gasteiger charge is -2.34. The van der Waals surface area contributed by atoms with E-state index in [1.54, 1.807) is 29.8 Å². The van der Waals surface area contributed by atoms with E-state index >= 15 is 0 Å². The number of aromatic nitrogens is 2. The van der Waals surface area contributed by atoms with E-state index in [4.69, 9.17) is 0 Å². The summed E-state index contributed by atoms with van der Waals surface area (Å²) in [4.78, 5) is 26.5. The van der Waals surface area contributed by atoms with Gasteiger partial charge in [0.05, 0.1) is 12.1 Å². The lowest BCUT2D eigenvalue weighted by atomic mass is 10.1. The first-order valence-electron chi connectivity index (χ1n) is 8.83. The third kappa shape index (κ3) is 3.41. The Hall–Kier alpha value is -2.50. The molecule has 2 aliphatic rings. The molecule has 1 N–H and O–H groups in total. The van der Waals surface area contributed by atoms with Crippen LogP contribution in [0.4, 0.5) is 10.9 Å². The third-order valence-electron chi connectivity index (χ3n) is 4.86. The van der Waals surface area contributed by atoms with Crippen LogP contribution >= 0.6 is 11.3 Å². The van der Waals surface area contributed by atoms with Crippen molar-refractivity contribution in [3.63, 3.8) is 0 Å². The molecule has 0 radical (unpaired) electrons. The van der Waals surface area contributed by atoms with Gasteiger partial charge in [0.25, 0.3) is 0 Å². The quantitative estimate of drug-likeness (QED) is 0.883. The number of anilines is 2. The maximum Gasteiger partial charge on any atom is 0.239 e. The Morgan fingerprint density at radius 1 is 1.23 bits per heavy atom. The predicted octanol–water partition coefficient (Wildman–Crippen LogP) is 1.66. The molecule has 1 aliphatic carbocycles. The molecule has 0 unspecified atom stereocenters. The van der Waals surface area contributed by atoms with Gasteiger partial charge in [-0.25, -0.2) is 9.97 Å². The van der Waals surface area contributed by atoms with Gasteiger partial charge >= 0.3 is 0 Å². The Kier molecular flexibility index (Phi) is 4.82. The van der Waals surface area contributed by atoms with Crippen molar-refractivity contribution in [1.29, 1.82) is 5.26 Å². The summed E-state index contributed by atoms with van der Waals surface area (Å²) in [6, 6.07) is 4.08. The molecule has 2 aromatic rings. The van der Waals surface area contributed by atoms with Gasteiger partial charge in [-0.3, -0.25) is 9.69 Å². The maximum absolute atomic E-state index is 12.4. The number of nitrogens with zero attached hydrogens (tertiary/aromatic N) is 5. The van der Waals surface area contributed by atoms with Gasteiger partial charge in [0.15, 0.2) is 0 Å². The average molecular weight is 368 g/mol. The summed E-state index contributed by atoms with van der Waals surface area (Å²) in [5.74, 6) is 0.689. The van der Waals surface area contributed by atoms with E-state index in [1.807, 2.05) is 0 Å². The van der Waals surface area contributed by atoms with Gasteiger partial charge < -0.3 is 10.2 Å². The van der Waals surface area contributed by atoms with Crippen molar-refractivity contribution in [1.82, 2.24) is 14.9 Å². The van der Waals surface area contributed by atoms with Crippen molar-refractivity contribution in [3.8, 4) is 6.07 Å². The fourth-order valence-corrected chi connectivity index (χ4v) is 4.80. The van der Waals surface area contributed by atoms with Gasteiger partial charge in [-0.2, -0.15) is 5.26 Å². The second-order valence-electron chi connectivity index (χ2n) is 6.53. The number of carbonyl (C=O) groups is 1. The number of amides is 1. The zero-order valence-electron chi connectivity index (χ0n) is 14.4. The predicted molar refractivity (Wildman–Crippen MR) is 100 cm³/mol. The third-order valence-corrected chi connectivity index (χ3v) is 6.07. The summed E-state index contributed by atoms with van der Waals surface area (Å²) in [5, 5.41) is 13.1. The number of piperazine rings is 1. The number of fused-ring (bicyclic) bond motifs is 1. The summed E-state index contributed by atoms with van der Waals surface area (Å²) in [6.45, 7) is 3.52. The Labute approximate surface area is 156 Å². The normalized spacial score (nSPS) is 17.0. The largest absolute Gasteiger partial charge is 0.338 e.